The van der Waals surface area contributed by atoms with Crippen LogP contribution in [0.4, 0.5) is 11.4 Å². The number of aliphatic carboxylic acids is 1. The van der Waals surface area contributed by atoms with Crippen molar-refractivity contribution in [2.45, 2.75) is 58.3 Å². The molecule has 0 radical (unpaired) electrons. The third kappa shape index (κ3) is 12.0. The number of carbonyl (C=O) groups excluding carboxylic acids is 1. The molecule has 0 aliphatic heterocycles. The predicted octanol–water partition coefficient (Wildman–Crippen LogP) is 4.09. The second-order valence-electron chi connectivity index (χ2n) is 6.21. The fraction of sp³-hybridized carbons (Fsp3) is 0.409. The fourth-order valence-electron chi connectivity index (χ4n) is 2.52. The van der Waals surface area contributed by atoms with E-state index in [1.54, 1.807) is 0 Å². The van der Waals surface area contributed by atoms with Gasteiger partial charge in [-0.25, -0.2) is 0 Å². The molecule has 3 nitrogen and oxygen atoms in total. The Hall–Kier alpha value is -2.13. The van der Waals surface area contributed by atoms with Gasteiger partial charge in [0, 0.05) is 5.97 Å². The third-order valence-corrected chi connectivity index (χ3v) is 3.92. The van der Waals surface area contributed by atoms with Gasteiger partial charge in [-0.2, -0.15) is 0 Å². The number of nitrogens with two attached hydrogens (primary N) is 1. The molecule has 0 unspecified atom stereocenters. The van der Waals surface area contributed by atoms with Crippen LogP contribution in [-0.4, -0.2) is 5.97 Å². The van der Waals surface area contributed by atoms with Gasteiger partial charge in [0.15, 0.2) is 0 Å². The number of unbranched alkanes of at least 4 members (excludes halogenated alkanes) is 6. The van der Waals surface area contributed by atoms with Gasteiger partial charge >= 0.3 is 0 Å². The molecule has 0 amide bonds. The average molecular weight is 341 g/mol. The van der Waals surface area contributed by atoms with Gasteiger partial charge in [0.05, 0.1) is 0 Å². The van der Waals surface area contributed by atoms with Crippen molar-refractivity contribution in [2.24, 2.45) is 0 Å². The van der Waals surface area contributed by atoms with Crippen molar-refractivity contribution in [1.29, 1.82) is 0 Å². The molecule has 0 bridgehead atoms. The van der Waals surface area contributed by atoms with E-state index in [0.29, 0.717) is 0 Å². The Bertz CT molecular complexity index is 517. The molecule has 0 aromatic heterocycles. The van der Waals surface area contributed by atoms with E-state index in [0.717, 1.165) is 12.8 Å². The van der Waals surface area contributed by atoms with Gasteiger partial charge in [0.25, 0.3) is 0 Å². The first-order chi connectivity index (χ1) is 12.2. The lowest BCUT2D eigenvalue weighted by molar-refractivity contribution is -0.478. The summed E-state index contributed by atoms with van der Waals surface area (Å²) in [4.78, 5) is 10.0. The van der Waals surface area contributed by atoms with E-state index < -0.39 is 5.97 Å². The topological polar surface area (TPSA) is 56.7 Å². The Morgan fingerprint density at radius 2 is 1.20 bits per heavy atom. The van der Waals surface area contributed by atoms with Crippen molar-refractivity contribution >= 4 is 17.3 Å². The maximum absolute atomic E-state index is 10.0. The first-order valence-electron chi connectivity index (χ1n) is 9.37. The molecule has 0 aliphatic rings. The van der Waals surface area contributed by atoms with Crippen molar-refractivity contribution in [3.05, 3.63) is 60.7 Å². The zero-order valence-electron chi connectivity index (χ0n) is 15.3. The number of quaternary nitrogens is 1. The van der Waals surface area contributed by atoms with Crippen LogP contribution in [0.25, 0.3) is 0 Å². The maximum Gasteiger partial charge on any atom is 0.134 e. The molecule has 0 saturated carbocycles. The maximum atomic E-state index is 10.0. The van der Waals surface area contributed by atoms with Gasteiger partial charge in [-0.15, -0.1) is 0 Å². The number of carboxylic acids is 1. The summed E-state index contributed by atoms with van der Waals surface area (Å²) in [6, 6.07) is 20.7. The lowest BCUT2D eigenvalue weighted by Gasteiger charge is -2.01. The molecule has 2 aromatic rings. The Labute approximate surface area is 152 Å². The molecule has 2 rings (SSSR count). The van der Waals surface area contributed by atoms with E-state index in [-0.39, 0.29) is 6.42 Å². The molecule has 2 N–H and O–H groups in total. The summed E-state index contributed by atoms with van der Waals surface area (Å²) >= 11 is 0. The Morgan fingerprint density at radius 1 is 0.760 bits per heavy atom. The highest BCUT2D eigenvalue weighted by Crippen LogP contribution is 2.07. The van der Waals surface area contributed by atoms with Crippen LogP contribution in [0.3, 0.4) is 0 Å². The minimum absolute atomic E-state index is 0.230. The molecule has 0 atom stereocenters. The normalized spacial score (nSPS) is 9.96. The minimum Gasteiger partial charge on any atom is -0.550 e. The lowest BCUT2D eigenvalue weighted by Crippen LogP contribution is -2.70. The number of carbonyl (C=O) groups is 1. The van der Waals surface area contributed by atoms with E-state index in [4.69, 9.17) is 0 Å². The molecule has 0 saturated heterocycles. The van der Waals surface area contributed by atoms with Crippen molar-refractivity contribution in [1.82, 2.24) is 0 Å². The summed E-state index contributed by atoms with van der Waals surface area (Å²) in [5.74, 6) is -0.913. The molecule has 2 aromatic carbocycles. The second kappa shape index (κ2) is 14.2. The molecular weight excluding hydrogens is 310 g/mol. The number of carboxylic acid groups (broad SMARTS) is 1. The number of hydrogen-bond acceptors (Lipinski definition) is 2. The van der Waals surface area contributed by atoms with Crippen LogP contribution in [0.2, 0.25) is 0 Å². The quantitative estimate of drug-likeness (QED) is 0.523. The Balaban J connectivity index is 0.000000252. The van der Waals surface area contributed by atoms with Crippen LogP contribution in [0, 0.1) is 0 Å². The number of para-hydroxylation sites is 2. The Morgan fingerprint density at radius 3 is 1.64 bits per heavy atom. The highest BCUT2D eigenvalue weighted by Gasteiger charge is 1.96. The molecule has 0 aliphatic carbocycles. The van der Waals surface area contributed by atoms with Crippen LogP contribution in [0.15, 0.2) is 60.7 Å². The van der Waals surface area contributed by atoms with E-state index >= 15 is 0 Å². The third-order valence-electron chi connectivity index (χ3n) is 3.92. The van der Waals surface area contributed by atoms with E-state index in [9.17, 15) is 9.90 Å². The minimum atomic E-state index is -0.913. The predicted molar refractivity (Wildman–Crippen MR) is 102 cm³/mol. The van der Waals surface area contributed by atoms with E-state index in [2.05, 4.69) is 60.8 Å². The molecule has 136 valence electrons. The first-order valence-corrected chi connectivity index (χ1v) is 9.37. The SMILES string of the molecule is CCCCCCCCCC(=O)[O-].c1ccc([NH2+]c2ccccc2)cc1. The fourth-order valence-corrected chi connectivity index (χ4v) is 2.52. The monoisotopic (exact) mass is 341 g/mol. The summed E-state index contributed by atoms with van der Waals surface area (Å²) in [6.45, 7) is 2.19. The van der Waals surface area contributed by atoms with Crippen molar-refractivity contribution in [2.75, 3.05) is 0 Å². The Kier molecular flexibility index (Phi) is 11.9. The smallest absolute Gasteiger partial charge is 0.134 e. The molecule has 0 heterocycles. The van der Waals surface area contributed by atoms with Crippen LogP contribution in [0.5, 0.6) is 0 Å². The summed E-state index contributed by atoms with van der Waals surface area (Å²) in [6.07, 6.45) is 8.34. The largest absolute Gasteiger partial charge is 0.550 e. The van der Waals surface area contributed by atoms with Crippen molar-refractivity contribution < 1.29 is 15.2 Å². The van der Waals surface area contributed by atoms with Gasteiger partial charge in [-0.05, 0) is 37.1 Å². The van der Waals surface area contributed by atoms with Gasteiger partial charge in [-0.3, -0.25) is 5.32 Å². The van der Waals surface area contributed by atoms with Crippen LogP contribution in [0.1, 0.15) is 58.3 Å². The molecular formula is C22H31NO2. The molecule has 0 spiro atoms. The number of benzene rings is 2. The van der Waals surface area contributed by atoms with Gasteiger partial charge in [0.2, 0.25) is 0 Å². The summed E-state index contributed by atoms with van der Waals surface area (Å²) in [7, 11) is 0. The van der Waals surface area contributed by atoms with Crippen LogP contribution < -0.4 is 10.4 Å². The number of rotatable bonds is 10. The van der Waals surface area contributed by atoms with Crippen molar-refractivity contribution in [3.63, 3.8) is 0 Å². The average Bonchev–Trinajstić information content (AvgIpc) is 2.63. The second-order valence-corrected chi connectivity index (χ2v) is 6.21. The van der Waals surface area contributed by atoms with Gasteiger partial charge in [0.1, 0.15) is 11.4 Å². The van der Waals surface area contributed by atoms with Crippen LogP contribution in [-0.2, 0) is 4.79 Å². The van der Waals surface area contributed by atoms with E-state index in [1.165, 1.54) is 43.5 Å². The highest BCUT2D eigenvalue weighted by atomic mass is 16.4. The van der Waals surface area contributed by atoms with Crippen LogP contribution >= 0.6 is 0 Å². The van der Waals surface area contributed by atoms with Gasteiger partial charge < -0.3 is 9.90 Å². The van der Waals surface area contributed by atoms with Gasteiger partial charge in [-0.1, -0.05) is 81.8 Å². The van der Waals surface area contributed by atoms with E-state index in [1.807, 2.05) is 12.1 Å². The summed E-state index contributed by atoms with van der Waals surface area (Å²) in [5, 5.41) is 12.2. The zero-order chi connectivity index (χ0) is 18.2. The first kappa shape index (κ1) is 20.9. The summed E-state index contributed by atoms with van der Waals surface area (Å²) in [5.41, 5.74) is 2.49. The molecule has 3 heteroatoms. The number of hydrogen-bond donors (Lipinski definition) is 1. The summed E-state index contributed by atoms with van der Waals surface area (Å²) < 4.78 is 0. The molecule has 0 fully saturated rings. The standard InChI is InChI=1S/C12H11N.C10H20O2/c1-3-7-11(8-4-1)13-12-9-5-2-6-10-12;1-2-3-4-5-6-7-8-9-10(11)12/h1-10,13H;2-9H2,1H3,(H,11,12). The zero-order valence-corrected chi connectivity index (χ0v) is 15.3. The lowest BCUT2D eigenvalue weighted by atomic mass is 10.1. The highest BCUT2D eigenvalue weighted by molar-refractivity contribution is 5.64. The molecule has 25 heavy (non-hydrogen) atoms. The van der Waals surface area contributed by atoms with Crippen molar-refractivity contribution in [3.8, 4) is 0 Å².